The second kappa shape index (κ2) is 5.13. The lowest BCUT2D eigenvalue weighted by Gasteiger charge is -2.44. The van der Waals surface area contributed by atoms with Crippen LogP contribution in [0.5, 0.6) is 0 Å². The summed E-state index contributed by atoms with van der Waals surface area (Å²) in [4.78, 5) is 0. The van der Waals surface area contributed by atoms with Crippen molar-refractivity contribution in [3.8, 4) is 0 Å². The van der Waals surface area contributed by atoms with Gasteiger partial charge in [-0.1, -0.05) is 29.8 Å². The molecule has 0 aromatic rings. The summed E-state index contributed by atoms with van der Waals surface area (Å²) < 4.78 is 17.1. The number of halogens is 1. The highest BCUT2D eigenvalue weighted by atomic mass is 79.9. The summed E-state index contributed by atoms with van der Waals surface area (Å²) in [5.41, 5.74) is 0.103. The fraction of sp³-hybridized carbons (Fsp3) is 1.00. The average molecular weight is 281 g/mol. The number of ether oxygens (including phenoxy) is 3. The highest BCUT2D eigenvalue weighted by molar-refractivity contribution is 9.09. The molecular weight excluding hydrogens is 260 g/mol. The van der Waals surface area contributed by atoms with Crippen LogP contribution in [-0.4, -0.2) is 37.5 Å². The van der Waals surface area contributed by atoms with Crippen molar-refractivity contribution in [1.82, 2.24) is 0 Å². The molecule has 1 aliphatic heterocycles. The van der Waals surface area contributed by atoms with E-state index in [0.29, 0.717) is 13.2 Å². The van der Waals surface area contributed by atoms with Gasteiger partial charge in [-0.05, 0) is 13.3 Å². The van der Waals surface area contributed by atoms with Gasteiger partial charge in [-0.15, -0.1) is 0 Å². The average Bonchev–Trinajstić information content (AvgIpc) is 2.19. The van der Waals surface area contributed by atoms with Crippen LogP contribution in [0.3, 0.4) is 0 Å². The molecule has 1 atom stereocenters. The number of hydrogen-bond donors (Lipinski definition) is 0. The summed E-state index contributed by atoms with van der Waals surface area (Å²) >= 11 is 3.41. The van der Waals surface area contributed by atoms with E-state index in [1.54, 1.807) is 7.11 Å². The second-order valence-electron chi connectivity index (χ2n) is 4.96. The van der Waals surface area contributed by atoms with E-state index in [9.17, 15) is 0 Å². The molecule has 1 heterocycles. The lowest BCUT2D eigenvalue weighted by molar-refractivity contribution is -0.327. The third kappa shape index (κ3) is 3.41. The van der Waals surface area contributed by atoms with Crippen LogP contribution in [0.1, 0.15) is 27.2 Å². The van der Waals surface area contributed by atoms with Crippen LogP contribution >= 0.6 is 15.9 Å². The van der Waals surface area contributed by atoms with Gasteiger partial charge in [0.2, 0.25) is 0 Å². The Morgan fingerprint density at radius 3 is 2.20 bits per heavy atom. The smallest absolute Gasteiger partial charge is 0.191 e. The molecule has 0 radical (unpaired) electrons. The molecule has 0 amide bonds. The molecule has 4 heteroatoms. The van der Waals surface area contributed by atoms with Gasteiger partial charge in [0.25, 0.3) is 0 Å². The molecule has 1 unspecified atom stereocenters. The molecule has 1 rings (SSSR count). The van der Waals surface area contributed by atoms with E-state index in [-0.39, 0.29) is 11.5 Å². The fourth-order valence-electron chi connectivity index (χ4n) is 1.64. The van der Waals surface area contributed by atoms with Crippen molar-refractivity contribution < 1.29 is 14.2 Å². The Balaban J connectivity index is 2.59. The monoisotopic (exact) mass is 280 g/mol. The molecule has 0 aromatic heterocycles. The van der Waals surface area contributed by atoms with Crippen molar-refractivity contribution in [2.75, 3.05) is 25.7 Å². The van der Waals surface area contributed by atoms with Crippen LogP contribution in [-0.2, 0) is 14.2 Å². The Bertz CT molecular complexity index is 196. The number of hydrogen-bond acceptors (Lipinski definition) is 3. The Hall–Kier alpha value is 0.360. The van der Waals surface area contributed by atoms with Gasteiger partial charge in [-0.2, -0.15) is 0 Å². The summed E-state index contributed by atoms with van der Waals surface area (Å²) in [5.74, 6) is -0.599. The van der Waals surface area contributed by atoms with Gasteiger partial charge in [-0.25, -0.2) is 0 Å². The topological polar surface area (TPSA) is 27.7 Å². The van der Waals surface area contributed by atoms with Crippen molar-refractivity contribution in [2.45, 2.75) is 39.1 Å². The molecule has 3 nitrogen and oxygen atoms in total. The van der Waals surface area contributed by atoms with Crippen LogP contribution in [0, 0.1) is 5.41 Å². The Labute approximate surface area is 101 Å². The predicted octanol–water partition coefficient (Wildman–Crippen LogP) is 2.58. The van der Waals surface area contributed by atoms with Crippen molar-refractivity contribution in [3.05, 3.63) is 0 Å². The Kier molecular flexibility index (Phi) is 4.59. The molecule has 1 aliphatic rings. The number of methoxy groups -OCH3 is 1. The minimum atomic E-state index is -0.599. The van der Waals surface area contributed by atoms with Gasteiger partial charge >= 0.3 is 0 Å². The van der Waals surface area contributed by atoms with E-state index in [4.69, 9.17) is 14.2 Å². The van der Waals surface area contributed by atoms with Crippen LogP contribution in [0.15, 0.2) is 0 Å². The van der Waals surface area contributed by atoms with Crippen LogP contribution in [0.4, 0.5) is 0 Å². The summed E-state index contributed by atoms with van der Waals surface area (Å²) in [6.45, 7) is 7.66. The standard InChI is InChI=1S/C11H21BrO3/c1-10(2)7-14-11(3,15-8-10)9(13-4)5-6-12/h9H,5-8H2,1-4H3. The third-order valence-corrected chi connectivity index (χ3v) is 3.20. The molecule has 0 saturated carbocycles. The van der Waals surface area contributed by atoms with Crippen molar-refractivity contribution in [3.63, 3.8) is 0 Å². The van der Waals surface area contributed by atoms with E-state index in [1.807, 2.05) is 6.92 Å². The first-order chi connectivity index (χ1) is 6.93. The molecule has 0 bridgehead atoms. The maximum Gasteiger partial charge on any atom is 0.191 e. The van der Waals surface area contributed by atoms with Gasteiger partial charge in [-0.3, -0.25) is 0 Å². The molecule has 90 valence electrons. The van der Waals surface area contributed by atoms with Gasteiger partial charge < -0.3 is 14.2 Å². The van der Waals surface area contributed by atoms with Crippen LogP contribution in [0.2, 0.25) is 0 Å². The minimum Gasteiger partial charge on any atom is -0.376 e. The Morgan fingerprint density at radius 1 is 1.27 bits per heavy atom. The van der Waals surface area contributed by atoms with Crippen LogP contribution < -0.4 is 0 Å². The number of alkyl halides is 1. The second-order valence-corrected chi connectivity index (χ2v) is 5.75. The molecule has 1 fully saturated rings. The first kappa shape index (κ1) is 13.4. The zero-order chi connectivity index (χ0) is 11.5. The highest BCUT2D eigenvalue weighted by Gasteiger charge is 2.42. The SMILES string of the molecule is COC(CCBr)C1(C)OCC(C)(C)CO1. The fourth-order valence-corrected chi connectivity index (χ4v) is 2.06. The summed E-state index contributed by atoms with van der Waals surface area (Å²) in [6.07, 6.45) is 0.862. The summed E-state index contributed by atoms with van der Waals surface area (Å²) in [5, 5.41) is 0.886. The van der Waals surface area contributed by atoms with Gasteiger partial charge in [0.1, 0.15) is 6.10 Å². The predicted molar refractivity (Wildman–Crippen MR) is 63.3 cm³/mol. The zero-order valence-corrected chi connectivity index (χ0v) is 11.6. The minimum absolute atomic E-state index is 0.0204. The van der Waals surface area contributed by atoms with E-state index in [1.165, 1.54) is 0 Å². The molecule has 0 N–H and O–H groups in total. The quantitative estimate of drug-likeness (QED) is 0.741. The summed E-state index contributed by atoms with van der Waals surface area (Å²) in [6, 6.07) is 0. The maximum atomic E-state index is 5.82. The molecule has 15 heavy (non-hydrogen) atoms. The lowest BCUT2D eigenvalue weighted by atomic mass is 9.94. The molecule has 0 aromatic carbocycles. The molecule has 0 aliphatic carbocycles. The zero-order valence-electron chi connectivity index (χ0n) is 10.0. The van der Waals surface area contributed by atoms with E-state index < -0.39 is 5.79 Å². The van der Waals surface area contributed by atoms with Crippen molar-refractivity contribution >= 4 is 15.9 Å². The van der Waals surface area contributed by atoms with Gasteiger partial charge in [0.05, 0.1) is 13.2 Å². The summed E-state index contributed by atoms with van der Waals surface area (Å²) in [7, 11) is 1.70. The maximum absolute atomic E-state index is 5.82. The van der Waals surface area contributed by atoms with Gasteiger partial charge in [0.15, 0.2) is 5.79 Å². The van der Waals surface area contributed by atoms with E-state index >= 15 is 0 Å². The Morgan fingerprint density at radius 2 is 1.80 bits per heavy atom. The lowest BCUT2D eigenvalue weighted by Crippen LogP contribution is -2.53. The first-order valence-corrected chi connectivity index (χ1v) is 6.42. The van der Waals surface area contributed by atoms with Crippen molar-refractivity contribution in [2.24, 2.45) is 5.41 Å². The largest absolute Gasteiger partial charge is 0.376 e. The third-order valence-electron chi connectivity index (χ3n) is 2.74. The first-order valence-electron chi connectivity index (χ1n) is 5.30. The highest BCUT2D eigenvalue weighted by Crippen LogP contribution is 2.33. The molecule has 0 spiro atoms. The van der Waals surface area contributed by atoms with Gasteiger partial charge in [0, 0.05) is 17.9 Å². The van der Waals surface area contributed by atoms with Crippen molar-refractivity contribution in [1.29, 1.82) is 0 Å². The van der Waals surface area contributed by atoms with Crippen LogP contribution in [0.25, 0.3) is 0 Å². The molecule has 1 saturated heterocycles. The number of rotatable bonds is 4. The normalized spacial score (nSPS) is 26.2. The molecular formula is C11H21BrO3. The van der Waals surface area contributed by atoms with E-state index in [2.05, 4.69) is 29.8 Å². The van der Waals surface area contributed by atoms with E-state index in [0.717, 1.165) is 11.8 Å².